The van der Waals surface area contributed by atoms with Gasteiger partial charge in [0.1, 0.15) is 6.10 Å². The van der Waals surface area contributed by atoms with Gasteiger partial charge in [-0.15, -0.1) is 0 Å². The van der Waals surface area contributed by atoms with Crippen molar-refractivity contribution < 1.29 is 13.4 Å². The van der Waals surface area contributed by atoms with E-state index >= 15 is 0 Å². The normalized spacial score (nSPS) is 14.9. The first-order valence-electron chi connectivity index (χ1n) is 3.02. The highest BCUT2D eigenvalue weighted by Gasteiger charge is 2.17. The predicted molar refractivity (Wildman–Crippen MR) is 46.0 cm³/mol. The summed E-state index contributed by atoms with van der Waals surface area (Å²) in [7, 11) is 10.00. The lowest BCUT2D eigenvalue weighted by Crippen LogP contribution is -2.39. The topological polar surface area (TPSA) is 55.6 Å². The summed E-state index contributed by atoms with van der Waals surface area (Å²) in [6, 6.07) is 0. The van der Waals surface area contributed by atoms with Crippen LogP contribution in [0.2, 0.25) is 0 Å². The molecule has 0 saturated carbocycles. The second-order valence-corrected chi connectivity index (χ2v) is 2.77. The van der Waals surface area contributed by atoms with Gasteiger partial charge in [-0.05, 0) is 6.92 Å². The van der Waals surface area contributed by atoms with Crippen LogP contribution in [0, 0.1) is 0 Å². The van der Waals surface area contributed by atoms with Crippen molar-refractivity contribution in [2.45, 2.75) is 18.2 Å². The molecule has 2 unspecified atom stereocenters. The van der Waals surface area contributed by atoms with Gasteiger partial charge in [-0.2, -0.15) is 3.89 Å². The number of carbonyl (C=O) groups excluding carboxylic acids is 1. The number of nitrogens with two attached hydrogens (primary N) is 1. The molecule has 64 valence electrons. The second kappa shape index (κ2) is 5.31. The van der Waals surface area contributed by atoms with Gasteiger partial charge in [0.05, 0.1) is 7.85 Å². The van der Waals surface area contributed by atoms with E-state index in [1.807, 2.05) is 0 Å². The Hall–Kier alpha value is -0.360. The molecule has 8 heteroatoms. The summed E-state index contributed by atoms with van der Waals surface area (Å²) >= 11 is -0.113. The summed E-state index contributed by atoms with van der Waals surface area (Å²) < 4.78 is 16.3. The Morgan fingerprint density at radius 3 is 2.67 bits per heavy atom. The van der Waals surface area contributed by atoms with Crippen LogP contribution in [0.1, 0.15) is 6.92 Å². The van der Waals surface area contributed by atoms with Crippen molar-refractivity contribution in [3.63, 3.8) is 0 Å². The summed E-state index contributed by atoms with van der Waals surface area (Å²) in [4.78, 5) is 10.9. The Bertz CT molecular complexity index is 162. The number of amides is 1. The maximum Gasteiger partial charge on any atom is 0.410 e. The van der Waals surface area contributed by atoms with E-state index in [2.05, 4.69) is 4.74 Å². The Morgan fingerprint density at radius 2 is 2.33 bits per heavy atom. The van der Waals surface area contributed by atoms with Crippen LogP contribution in [0.25, 0.3) is 0 Å². The van der Waals surface area contributed by atoms with Gasteiger partial charge in [-0.25, -0.2) is 4.79 Å². The molecule has 0 aromatic heterocycles. The third-order valence-electron chi connectivity index (χ3n) is 1.06. The average molecular weight is 188 g/mol. The van der Waals surface area contributed by atoms with Gasteiger partial charge >= 0.3 is 6.09 Å². The molecule has 0 aromatic rings. The third kappa shape index (κ3) is 3.87. The molecule has 0 heterocycles. The van der Waals surface area contributed by atoms with Gasteiger partial charge in [-0.3, -0.25) is 5.84 Å². The lowest BCUT2D eigenvalue weighted by Gasteiger charge is -2.19. The quantitative estimate of drug-likeness (QED) is 0.290. The SMILES string of the molecule is [B]C(SF)C(C)OC(=O)N([B])N. The molecular formula is C4H7B2FN2O2S. The standard InChI is InChI=1S/C4H7B2FN2O2S/c1-2(3(5)12-7)11-4(10)9(6)8/h2-3H,8H2,1H3. The number of hydrazine groups is 1. The number of rotatable bonds is 3. The van der Waals surface area contributed by atoms with E-state index in [1.54, 1.807) is 0 Å². The van der Waals surface area contributed by atoms with Crippen molar-refractivity contribution in [1.82, 2.24) is 4.92 Å². The Kier molecular flexibility index (Phi) is 5.15. The second-order valence-electron chi connectivity index (χ2n) is 2.05. The third-order valence-corrected chi connectivity index (χ3v) is 1.65. The number of hydrogen-bond acceptors (Lipinski definition) is 4. The molecule has 0 spiro atoms. The van der Waals surface area contributed by atoms with Gasteiger partial charge in [0.25, 0.3) is 7.98 Å². The monoisotopic (exact) mass is 188 g/mol. The maximum absolute atomic E-state index is 11.8. The number of hydrogen-bond donors (Lipinski definition) is 1. The van der Waals surface area contributed by atoms with Crippen LogP contribution in [0.3, 0.4) is 0 Å². The smallest absolute Gasteiger partial charge is 0.410 e. The molecule has 0 aliphatic heterocycles. The van der Waals surface area contributed by atoms with Crippen LogP contribution in [-0.2, 0) is 4.74 Å². The number of halogens is 1. The van der Waals surface area contributed by atoms with Crippen molar-refractivity contribution in [3.8, 4) is 0 Å². The first-order chi connectivity index (χ1) is 5.49. The fourth-order valence-electron chi connectivity index (χ4n) is 0.359. The van der Waals surface area contributed by atoms with Crippen LogP contribution >= 0.6 is 12.1 Å². The van der Waals surface area contributed by atoms with Crippen molar-refractivity contribution >= 4 is 34.1 Å². The average Bonchev–Trinajstić information content (AvgIpc) is 2.02. The Labute approximate surface area is 77.1 Å². The first kappa shape index (κ1) is 11.6. The molecule has 0 aliphatic carbocycles. The summed E-state index contributed by atoms with van der Waals surface area (Å²) in [5.74, 6) is 4.82. The van der Waals surface area contributed by atoms with Crippen molar-refractivity contribution in [2.24, 2.45) is 5.84 Å². The van der Waals surface area contributed by atoms with E-state index < -0.39 is 17.3 Å². The van der Waals surface area contributed by atoms with E-state index in [0.717, 1.165) is 0 Å². The van der Waals surface area contributed by atoms with E-state index in [0.29, 0.717) is 0 Å². The summed E-state index contributed by atoms with van der Waals surface area (Å²) in [5, 5.41) is -0.936. The molecular weight excluding hydrogens is 181 g/mol. The molecule has 0 aliphatic rings. The van der Waals surface area contributed by atoms with E-state index in [9.17, 15) is 8.68 Å². The molecule has 0 rings (SSSR count). The zero-order valence-electron chi connectivity index (χ0n) is 6.44. The Balaban J connectivity index is 3.83. The van der Waals surface area contributed by atoms with Crippen LogP contribution in [0.4, 0.5) is 8.68 Å². The molecule has 1 amide bonds. The summed E-state index contributed by atoms with van der Waals surface area (Å²) in [6.45, 7) is 1.43. The van der Waals surface area contributed by atoms with Gasteiger partial charge in [-0.1, -0.05) is 0 Å². The first-order valence-corrected chi connectivity index (χ1v) is 3.80. The highest BCUT2D eigenvalue weighted by Crippen LogP contribution is 2.14. The predicted octanol–water partition coefficient (Wildman–Crippen LogP) is -0.117. The minimum Gasteiger partial charge on any atom is -0.446 e. The lowest BCUT2D eigenvalue weighted by molar-refractivity contribution is 0.0952. The van der Waals surface area contributed by atoms with Crippen LogP contribution in [0.5, 0.6) is 0 Å². The number of ether oxygens (including phenoxy) is 1. The van der Waals surface area contributed by atoms with Gasteiger partial charge < -0.3 is 9.66 Å². The molecule has 12 heavy (non-hydrogen) atoms. The van der Waals surface area contributed by atoms with Gasteiger partial charge in [0, 0.05) is 17.3 Å². The molecule has 0 saturated heterocycles. The highest BCUT2D eigenvalue weighted by molar-refractivity contribution is 7.96. The molecule has 0 aromatic carbocycles. The van der Waals surface area contributed by atoms with Crippen molar-refractivity contribution in [1.29, 1.82) is 0 Å². The van der Waals surface area contributed by atoms with E-state index in [4.69, 9.17) is 21.7 Å². The van der Waals surface area contributed by atoms with Crippen molar-refractivity contribution in [2.75, 3.05) is 0 Å². The highest BCUT2D eigenvalue weighted by atomic mass is 32.2. The van der Waals surface area contributed by atoms with Crippen molar-refractivity contribution in [3.05, 3.63) is 0 Å². The molecule has 0 fully saturated rings. The minimum absolute atomic E-state index is 0.113. The number of nitrogens with zero attached hydrogens (tertiary/aromatic N) is 1. The molecule has 2 N–H and O–H groups in total. The zero-order chi connectivity index (χ0) is 9.72. The van der Waals surface area contributed by atoms with Crippen LogP contribution < -0.4 is 5.84 Å². The molecule has 0 bridgehead atoms. The van der Waals surface area contributed by atoms with E-state index in [1.165, 1.54) is 6.92 Å². The molecule has 4 nitrogen and oxygen atoms in total. The number of carbonyl (C=O) groups is 1. The minimum atomic E-state index is -0.966. The van der Waals surface area contributed by atoms with Gasteiger partial charge in [0.15, 0.2) is 0 Å². The maximum atomic E-state index is 11.8. The fourth-order valence-corrected chi connectivity index (χ4v) is 0.560. The summed E-state index contributed by atoms with van der Waals surface area (Å²) in [5.41, 5.74) is 0. The van der Waals surface area contributed by atoms with E-state index in [-0.39, 0.29) is 17.1 Å². The summed E-state index contributed by atoms with van der Waals surface area (Å²) in [6.07, 6.45) is -1.76. The molecule has 2 atom stereocenters. The zero-order valence-corrected chi connectivity index (χ0v) is 7.25. The fraction of sp³-hybridized carbons (Fsp3) is 0.750. The Morgan fingerprint density at radius 1 is 1.83 bits per heavy atom. The van der Waals surface area contributed by atoms with Gasteiger partial charge in [0.2, 0.25) is 0 Å². The lowest BCUT2D eigenvalue weighted by atomic mass is 9.99. The van der Waals surface area contributed by atoms with Crippen LogP contribution in [-0.4, -0.2) is 38.1 Å². The van der Waals surface area contributed by atoms with Crippen LogP contribution in [0.15, 0.2) is 0 Å². The largest absolute Gasteiger partial charge is 0.446 e. The molecule has 4 radical (unpaired) electrons.